The molecule has 2 bridgehead atoms. The van der Waals surface area contributed by atoms with E-state index in [1.165, 1.54) is 19.5 Å². The van der Waals surface area contributed by atoms with Crippen molar-refractivity contribution in [1.82, 2.24) is 9.62 Å². The van der Waals surface area contributed by atoms with Crippen molar-refractivity contribution in [1.29, 1.82) is 0 Å². The van der Waals surface area contributed by atoms with Gasteiger partial charge in [0.25, 0.3) is 10.0 Å². The van der Waals surface area contributed by atoms with Crippen LogP contribution in [0.15, 0.2) is 16.3 Å². The number of sulfonamides is 1. The molecule has 2 aliphatic carbocycles. The molecule has 0 saturated heterocycles. The Hall–Kier alpha value is -0.630. The molecular formula is C17H25ClN2O3S2. The summed E-state index contributed by atoms with van der Waals surface area (Å²) in [5.74, 6) is 0.376. The highest BCUT2D eigenvalue weighted by molar-refractivity contribution is 7.91. The van der Waals surface area contributed by atoms with Gasteiger partial charge in [-0.2, -0.15) is 4.31 Å². The molecule has 3 atom stereocenters. The number of carbonyl (C=O) groups excluding carboxylic acids is 1. The van der Waals surface area contributed by atoms with Crippen molar-refractivity contribution in [2.24, 2.45) is 16.7 Å². The second-order valence-corrected chi connectivity index (χ2v) is 12.0. The summed E-state index contributed by atoms with van der Waals surface area (Å²) in [5, 5.41) is 3.10. The molecule has 2 fully saturated rings. The van der Waals surface area contributed by atoms with Crippen molar-refractivity contribution in [3.8, 4) is 0 Å². The second-order valence-electron chi connectivity index (χ2n) is 8.05. The van der Waals surface area contributed by atoms with Crippen molar-refractivity contribution in [3.05, 3.63) is 16.5 Å². The molecule has 1 N–H and O–H groups in total. The first-order valence-electron chi connectivity index (χ1n) is 8.49. The zero-order valence-corrected chi connectivity index (χ0v) is 17.4. The van der Waals surface area contributed by atoms with Gasteiger partial charge < -0.3 is 5.32 Å². The van der Waals surface area contributed by atoms with E-state index in [2.05, 4.69) is 26.1 Å². The first-order chi connectivity index (χ1) is 11.5. The Morgan fingerprint density at radius 2 is 2.08 bits per heavy atom. The van der Waals surface area contributed by atoms with Gasteiger partial charge in [0.1, 0.15) is 4.21 Å². The van der Waals surface area contributed by atoms with Gasteiger partial charge in [0.15, 0.2) is 0 Å². The third-order valence-electron chi connectivity index (χ3n) is 6.71. The molecule has 1 amide bonds. The molecule has 2 aliphatic rings. The third kappa shape index (κ3) is 3.03. The van der Waals surface area contributed by atoms with E-state index in [4.69, 9.17) is 11.6 Å². The molecule has 2 saturated carbocycles. The minimum atomic E-state index is -3.69. The predicted molar refractivity (Wildman–Crippen MR) is 100 cm³/mol. The average molecular weight is 405 g/mol. The van der Waals surface area contributed by atoms with Crippen LogP contribution in [0.3, 0.4) is 0 Å². The molecule has 0 aromatic carbocycles. The molecule has 140 valence electrons. The van der Waals surface area contributed by atoms with Crippen LogP contribution < -0.4 is 5.32 Å². The Bertz CT molecular complexity index is 790. The minimum Gasteiger partial charge on any atom is -0.352 e. The molecule has 0 spiro atoms. The van der Waals surface area contributed by atoms with E-state index in [0.717, 1.165) is 28.5 Å². The fourth-order valence-electron chi connectivity index (χ4n) is 4.54. The number of nitrogens with zero attached hydrogens (tertiary/aromatic N) is 1. The van der Waals surface area contributed by atoms with Gasteiger partial charge in [-0.05, 0) is 48.1 Å². The second kappa shape index (κ2) is 6.22. The third-order valence-corrected chi connectivity index (χ3v) is 10.2. The lowest BCUT2D eigenvalue weighted by Gasteiger charge is -2.39. The average Bonchev–Trinajstić information content (AvgIpc) is 3.09. The number of amides is 1. The van der Waals surface area contributed by atoms with E-state index in [0.29, 0.717) is 10.3 Å². The van der Waals surface area contributed by atoms with Gasteiger partial charge in [0.2, 0.25) is 5.91 Å². The van der Waals surface area contributed by atoms with E-state index in [1.54, 1.807) is 6.07 Å². The highest BCUT2D eigenvalue weighted by Crippen LogP contribution is 2.65. The maximum atomic E-state index is 12.5. The molecule has 8 heteroatoms. The van der Waals surface area contributed by atoms with Crippen molar-refractivity contribution in [2.75, 3.05) is 13.6 Å². The maximum absolute atomic E-state index is 12.5. The van der Waals surface area contributed by atoms with Crippen LogP contribution in [-0.4, -0.2) is 38.3 Å². The summed E-state index contributed by atoms with van der Waals surface area (Å²) in [6.07, 6.45) is 3.30. The first kappa shape index (κ1) is 19.1. The minimum absolute atomic E-state index is 0.0754. The van der Waals surface area contributed by atoms with E-state index in [1.807, 2.05) is 0 Å². The van der Waals surface area contributed by atoms with Crippen LogP contribution in [0.5, 0.6) is 0 Å². The molecule has 1 aromatic rings. The number of likely N-dealkylation sites (N-methyl/N-ethyl adjacent to an activating group) is 1. The van der Waals surface area contributed by atoms with E-state index < -0.39 is 10.0 Å². The summed E-state index contributed by atoms with van der Waals surface area (Å²) in [4.78, 5) is 12.5. The van der Waals surface area contributed by atoms with Crippen LogP contribution in [0, 0.1) is 16.7 Å². The molecule has 1 aromatic heterocycles. The lowest BCUT2D eigenvalue weighted by atomic mass is 9.69. The van der Waals surface area contributed by atoms with E-state index >= 15 is 0 Å². The molecule has 3 rings (SSSR count). The normalized spacial score (nSPS) is 30.8. The highest BCUT2D eigenvalue weighted by Gasteiger charge is 2.61. The van der Waals surface area contributed by atoms with Crippen molar-refractivity contribution in [3.63, 3.8) is 0 Å². The Balaban J connectivity index is 1.66. The Morgan fingerprint density at radius 3 is 2.56 bits per heavy atom. The quantitative estimate of drug-likeness (QED) is 0.818. The number of thiophene rings is 1. The maximum Gasteiger partial charge on any atom is 0.252 e. The van der Waals surface area contributed by atoms with Crippen LogP contribution in [0.4, 0.5) is 0 Å². The topological polar surface area (TPSA) is 66.5 Å². The van der Waals surface area contributed by atoms with Gasteiger partial charge in [0, 0.05) is 13.1 Å². The Kier molecular flexibility index (Phi) is 4.76. The van der Waals surface area contributed by atoms with E-state index in [9.17, 15) is 13.2 Å². The standard InChI is InChI=1S/C17H25ClN2O3S2/c1-16(2)11-7-8-17(16,3)12(9-11)19-14(21)10-20(4)25(22,23)15-6-5-13(18)24-15/h5-6,11-12H,7-10H2,1-4H3,(H,19,21)/t11-,12+,17-/m1/s1. The van der Waals surface area contributed by atoms with Gasteiger partial charge in [-0.3, -0.25) is 4.79 Å². The van der Waals surface area contributed by atoms with Crippen LogP contribution in [0.2, 0.25) is 4.34 Å². The molecule has 0 radical (unpaired) electrons. The van der Waals surface area contributed by atoms with Gasteiger partial charge in [0.05, 0.1) is 10.9 Å². The monoisotopic (exact) mass is 404 g/mol. The molecular weight excluding hydrogens is 380 g/mol. The largest absolute Gasteiger partial charge is 0.352 e. The number of halogens is 1. The number of hydrogen-bond acceptors (Lipinski definition) is 4. The number of carbonyl (C=O) groups is 1. The summed E-state index contributed by atoms with van der Waals surface area (Å²) >= 11 is 6.82. The molecule has 5 nitrogen and oxygen atoms in total. The van der Waals surface area contributed by atoms with Crippen molar-refractivity contribution >= 4 is 38.9 Å². The predicted octanol–water partition coefficient (Wildman–Crippen LogP) is 3.35. The summed E-state index contributed by atoms with van der Waals surface area (Å²) in [5.41, 5.74) is 0.280. The van der Waals surface area contributed by atoms with Crippen molar-refractivity contribution < 1.29 is 13.2 Å². The van der Waals surface area contributed by atoms with Gasteiger partial charge in [-0.1, -0.05) is 32.4 Å². The molecule has 1 heterocycles. The lowest BCUT2D eigenvalue weighted by Crippen LogP contribution is -2.49. The zero-order chi connectivity index (χ0) is 18.6. The smallest absolute Gasteiger partial charge is 0.252 e. The van der Waals surface area contributed by atoms with Crippen LogP contribution in [-0.2, 0) is 14.8 Å². The number of nitrogens with one attached hydrogen (secondary N) is 1. The fourth-order valence-corrected chi connectivity index (χ4v) is 7.36. The van der Waals surface area contributed by atoms with Crippen LogP contribution in [0.1, 0.15) is 40.0 Å². The summed E-state index contributed by atoms with van der Waals surface area (Å²) in [6, 6.07) is 3.13. The number of rotatable bonds is 5. The molecule has 0 aliphatic heterocycles. The first-order valence-corrected chi connectivity index (χ1v) is 11.1. The van der Waals surface area contributed by atoms with Gasteiger partial charge in [-0.15, -0.1) is 11.3 Å². The SMILES string of the molecule is CN(CC(=O)N[C@H]1C[C@H]2CC[C@@]1(C)C2(C)C)S(=O)(=O)c1ccc(Cl)s1. The Morgan fingerprint density at radius 1 is 1.40 bits per heavy atom. The highest BCUT2D eigenvalue weighted by atomic mass is 35.5. The van der Waals surface area contributed by atoms with Crippen LogP contribution in [0.25, 0.3) is 0 Å². The molecule has 25 heavy (non-hydrogen) atoms. The van der Waals surface area contributed by atoms with Crippen LogP contribution >= 0.6 is 22.9 Å². The summed E-state index contributed by atoms with van der Waals surface area (Å²) in [7, 11) is -2.26. The van der Waals surface area contributed by atoms with Crippen molar-refractivity contribution in [2.45, 2.75) is 50.3 Å². The van der Waals surface area contributed by atoms with Gasteiger partial charge in [-0.25, -0.2) is 8.42 Å². The zero-order valence-electron chi connectivity index (χ0n) is 15.0. The van der Waals surface area contributed by atoms with E-state index in [-0.39, 0.29) is 33.5 Å². The Labute approximate surface area is 158 Å². The fraction of sp³-hybridized carbons (Fsp3) is 0.706. The summed E-state index contributed by atoms with van der Waals surface area (Å²) < 4.78 is 26.7. The lowest BCUT2D eigenvalue weighted by molar-refractivity contribution is -0.122. The number of fused-ring (bicyclic) bond motifs is 2. The number of hydrogen-bond donors (Lipinski definition) is 1. The van der Waals surface area contributed by atoms with Gasteiger partial charge >= 0.3 is 0 Å². The summed E-state index contributed by atoms with van der Waals surface area (Å²) in [6.45, 7) is 6.64. The molecule has 0 unspecified atom stereocenters.